The molecule has 1 unspecified atom stereocenters. The number of carbonyl (C=O) groups excluding carboxylic acids is 2. The van der Waals surface area contributed by atoms with Gasteiger partial charge in [0.2, 0.25) is 0 Å². The predicted molar refractivity (Wildman–Crippen MR) is 91.5 cm³/mol. The van der Waals surface area contributed by atoms with Crippen LogP contribution in [0.3, 0.4) is 0 Å². The number of hydrogen-bond acceptors (Lipinski definition) is 4. The van der Waals surface area contributed by atoms with Crippen molar-refractivity contribution in [2.75, 3.05) is 6.61 Å². The molecule has 1 aliphatic heterocycles. The zero-order chi connectivity index (χ0) is 17.7. The summed E-state index contributed by atoms with van der Waals surface area (Å²) < 4.78 is 10.4. The molecule has 0 fully saturated rings. The van der Waals surface area contributed by atoms with Crippen LogP contribution in [0.1, 0.15) is 38.8 Å². The van der Waals surface area contributed by atoms with Crippen molar-refractivity contribution in [2.24, 2.45) is 0 Å². The van der Waals surface area contributed by atoms with Gasteiger partial charge in [0, 0.05) is 12.6 Å². The molecule has 1 heterocycles. The van der Waals surface area contributed by atoms with Crippen molar-refractivity contribution in [1.82, 2.24) is 4.90 Å². The highest BCUT2D eigenvalue weighted by Crippen LogP contribution is 2.26. The third-order valence-corrected chi connectivity index (χ3v) is 3.66. The molecule has 0 saturated heterocycles. The van der Waals surface area contributed by atoms with Gasteiger partial charge in [0.05, 0.1) is 12.6 Å². The van der Waals surface area contributed by atoms with E-state index in [1.807, 2.05) is 45.0 Å². The van der Waals surface area contributed by atoms with Gasteiger partial charge in [0.15, 0.2) is 0 Å². The molecule has 1 aromatic rings. The van der Waals surface area contributed by atoms with Crippen molar-refractivity contribution in [2.45, 2.75) is 52.3 Å². The Balaban J connectivity index is 2.23. The molecule has 0 aliphatic carbocycles. The standard InChI is InChI=1S/C19H25NO4/c1-5-23-17(21)11-10-16-12-14-8-6-7-9-15(14)13-20(16)18(22)24-19(2,3)4/h6-11,16H,5,12-13H2,1-4H3. The highest BCUT2D eigenvalue weighted by Gasteiger charge is 2.31. The molecule has 0 radical (unpaired) electrons. The molecule has 1 amide bonds. The lowest BCUT2D eigenvalue weighted by molar-refractivity contribution is -0.137. The highest BCUT2D eigenvalue weighted by molar-refractivity contribution is 5.82. The third kappa shape index (κ3) is 4.85. The Hall–Kier alpha value is -2.30. The molecule has 24 heavy (non-hydrogen) atoms. The van der Waals surface area contributed by atoms with Gasteiger partial charge in [-0.3, -0.25) is 4.90 Å². The first-order valence-electron chi connectivity index (χ1n) is 8.21. The van der Waals surface area contributed by atoms with Crippen molar-refractivity contribution in [3.05, 3.63) is 47.5 Å². The SMILES string of the molecule is CCOC(=O)C=CC1Cc2ccccc2CN1C(=O)OC(C)(C)C. The fourth-order valence-electron chi connectivity index (χ4n) is 2.62. The monoisotopic (exact) mass is 331 g/mol. The van der Waals surface area contributed by atoms with Crippen LogP contribution < -0.4 is 0 Å². The Labute approximate surface area is 143 Å². The Kier molecular flexibility index (Phi) is 5.65. The van der Waals surface area contributed by atoms with Crippen molar-refractivity contribution in [3.63, 3.8) is 0 Å². The van der Waals surface area contributed by atoms with Gasteiger partial charge in [-0.05, 0) is 45.2 Å². The molecule has 0 N–H and O–H groups in total. The number of rotatable bonds is 3. The normalized spacial score (nSPS) is 17.5. The van der Waals surface area contributed by atoms with E-state index < -0.39 is 11.6 Å². The quantitative estimate of drug-likeness (QED) is 0.629. The lowest BCUT2D eigenvalue weighted by atomic mass is 9.94. The number of nitrogens with zero attached hydrogens (tertiary/aromatic N) is 1. The van der Waals surface area contributed by atoms with Crippen LogP contribution in [0.25, 0.3) is 0 Å². The molecular formula is C19H25NO4. The van der Waals surface area contributed by atoms with Gasteiger partial charge in [-0.2, -0.15) is 0 Å². The Morgan fingerprint density at radius 2 is 1.92 bits per heavy atom. The van der Waals surface area contributed by atoms with E-state index >= 15 is 0 Å². The smallest absolute Gasteiger partial charge is 0.411 e. The maximum absolute atomic E-state index is 12.6. The second-order valence-corrected chi connectivity index (χ2v) is 6.76. The number of hydrogen-bond donors (Lipinski definition) is 0. The van der Waals surface area contributed by atoms with E-state index in [1.54, 1.807) is 17.9 Å². The summed E-state index contributed by atoms with van der Waals surface area (Å²) in [4.78, 5) is 25.8. The molecule has 0 aromatic heterocycles. The van der Waals surface area contributed by atoms with Gasteiger partial charge in [0.25, 0.3) is 0 Å². The molecule has 0 bridgehead atoms. The van der Waals surface area contributed by atoms with Gasteiger partial charge >= 0.3 is 12.1 Å². The van der Waals surface area contributed by atoms with Crippen molar-refractivity contribution in [3.8, 4) is 0 Å². The van der Waals surface area contributed by atoms with Gasteiger partial charge < -0.3 is 9.47 Å². The Bertz CT molecular complexity index is 630. The van der Waals surface area contributed by atoms with E-state index in [4.69, 9.17) is 9.47 Å². The van der Waals surface area contributed by atoms with Crippen molar-refractivity contribution < 1.29 is 19.1 Å². The maximum atomic E-state index is 12.6. The number of amides is 1. The maximum Gasteiger partial charge on any atom is 0.411 e. The van der Waals surface area contributed by atoms with Gasteiger partial charge in [-0.25, -0.2) is 9.59 Å². The topological polar surface area (TPSA) is 55.8 Å². The molecule has 130 valence electrons. The van der Waals surface area contributed by atoms with E-state index in [1.165, 1.54) is 11.6 Å². The van der Waals surface area contributed by atoms with E-state index in [0.29, 0.717) is 19.6 Å². The Morgan fingerprint density at radius 3 is 2.54 bits per heavy atom. The average Bonchev–Trinajstić information content (AvgIpc) is 2.50. The summed E-state index contributed by atoms with van der Waals surface area (Å²) in [6.45, 7) is 8.07. The summed E-state index contributed by atoms with van der Waals surface area (Å²) in [5, 5.41) is 0. The molecule has 0 spiro atoms. The minimum Gasteiger partial charge on any atom is -0.463 e. The Morgan fingerprint density at radius 1 is 1.25 bits per heavy atom. The number of esters is 1. The van der Waals surface area contributed by atoms with E-state index in [9.17, 15) is 9.59 Å². The average molecular weight is 331 g/mol. The first-order chi connectivity index (χ1) is 11.3. The minimum absolute atomic E-state index is 0.237. The third-order valence-electron chi connectivity index (χ3n) is 3.66. The lowest BCUT2D eigenvalue weighted by Crippen LogP contribution is -2.45. The van der Waals surface area contributed by atoms with E-state index in [0.717, 1.165) is 5.56 Å². The second-order valence-electron chi connectivity index (χ2n) is 6.76. The molecular weight excluding hydrogens is 306 g/mol. The summed E-state index contributed by atoms with van der Waals surface area (Å²) in [5.74, 6) is -0.402. The fourth-order valence-corrected chi connectivity index (χ4v) is 2.62. The van der Waals surface area contributed by atoms with Crippen LogP contribution in [-0.4, -0.2) is 35.2 Å². The molecule has 1 aliphatic rings. The molecule has 5 nitrogen and oxygen atoms in total. The van der Waals surface area contributed by atoms with Crippen LogP contribution in [-0.2, 0) is 27.2 Å². The molecule has 0 saturated carbocycles. The van der Waals surface area contributed by atoms with Gasteiger partial charge in [-0.15, -0.1) is 0 Å². The second kappa shape index (κ2) is 7.51. The van der Waals surface area contributed by atoms with Crippen molar-refractivity contribution in [1.29, 1.82) is 0 Å². The number of ether oxygens (including phenoxy) is 2. The van der Waals surface area contributed by atoms with Crippen LogP contribution in [0.5, 0.6) is 0 Å². The molecule has 1 aromatic carbocycles. The largest absolute Gasteiger partial charge is 0.463 e. The summed E-state index contributed by atoms with van der Waals surface area (Å²) in [7, 11) is 0. The van der Waals surface area contributed by atoms with Gasteiger partial charge in [0.1, 0.15) is 5.60 Å². The minimum atomic E-state index is -0.566. The zero-order valence-corrected chi connectivity index (χ0v) is 14.7. The highest BCUT2D eigenvalue weighted by atomic mass is 16.6. The van der Waals surface area contributed by atoms with Crippen LogP contribution in [0.2, 0.25) is 0 Å². The van der Waals surface area contributed by atoms with E-state index in [-0.39, 0.29) is 12.1 Å². The summed E-state index contributed by atoms with van der Waals surface area (Å²) >= 11 is 0. The number of benzene rings is 1. The predicted octanol–water partition coefficient (Wildman–Crippen LogP) is 3.47. The zero-order valence-electron chi connectivity index (χ0n) is 14.7. The number of carbonyl (C=O) groups is 2. The van der Waals surface area contributed by atoms with Crippen molar-refractivity contribution >= 4 is 12.1 Å². The first-order valence-corrected chi connectivity index (χ1v) is 8.21. The van der Waals surface area contributed by atoms with E-state index in [2.05, 4.69) is 0 Å². The summed E-state index contributed by atoms with van der Waals surface area (Å²) in [6.07, 6.45) is 3.37. The van der Waals surface area contributed by atoms with Crippen LogP contribution in [0.15, 0.2) is 36.4 Å². The number of fused-ring (bicyclic) bond motifs is 1. The lowest BCUT2D eigenvalue weighted by Gasteiger charge is -2.36. The summed E-state index contributed by atoms with van der Waals surface area (Å²) in [5.41, 5.74) is 1.71. The molecule has 5 heteroatoms. The molecule has 1 atom stereocenters. The first kappa shape index (κ1) is 18.0. The van der Waals surface area contributed by atoms with Crippen LogP contribution in [0.4, 0.5) is 4.79 Å². The summed E-state index contributed by atoms with van der Waals surface area (Å²) in [6, 6.07) is 7.76. The molecule has 2 rings (SSSR count). The van der Waals surface area contributed by atoms with Crippen LogP contribution in [0, 0.1) is 0 Å². The fraction of sp³-hybridized carbons (Fsp3) is 0.474. The van der Waals surface area contributed by atoms with Gasteiger partial charge in [-0.1, -0.05) is 30.3 Å². The van der Waals surface area contributed by atoms with Crippen LogP contribution >= 0.6 is 0 Å².